The Morgan fingerprint density at radius 1 is 1.53 bits per heavy atom. The van der Waals surface area contributed by atoms with E-state index in [0.29, 0.717) is 12.5 Å². The molecule has 1 amide bonds. The van der Waals surface area contributed by atoms with E-state index in [-0.39, 0.29) is 17.7 Å². The molecule has 0 aromatic carbocycles. The molecule has 1 aromatic rings. The first-order valence-corrected chi connectivity index (χ1v) is 6.09. The van der Waals surface area contributed by atoms with Crippen LogP contribution in [0.25, 0.3) is 0 Å². The summed E-state index contributed by atoms with van der Waals surface area (Å²) in [6.07, 6.45) is 1.98. The highest BCUT2D eigenvalue weighted by molar-refractivity contribution is 5.91. The number of rotatable bonds is 6. The molecule has 1 aromatic heterocycles. The van der Waals surface area contributed by atoms with Crippen LogP contribution in [0.5, 0.6) is 0 Å². The Morgan fingerprint density at radius 3 is 2.71 bits per heavy atom. The Labute approximate surface area is 102 Å². The molecule has 5 nitrogen and oxygen atoms in total. The van der Waals surface area contributed by atoms with Gasteiger partial charge in [-0.25, -0.2) is 0 Å². The number of nitrogens with zero attached hydrogens (tertiary/aromatic N) is 1. The van der Waals surface area contributed by atoms with Crippen molar-refractivity contribution in [1.82, 2.24) is 10.5 Å². The maximum Gasteiger partial charge on any atom is 0.290 e. The lowest BCUT2D eigenvalue weighted by molar-refractivity contribution is 0.0904. The van der Waals surface area contributed by atoms with Crippen molar-refractivity contribution in [2.45, 2.75) is 45.6 Å². The second kappa shape index (κ2) is 6.39. The molecule has 0 bridgehead atoms. The van der Waals surface area contributed by atoms with Crippen molar-refractivity contribution < 1.29 is 9.32 Å². The average molecular weight is 239 g/mol. The number of nitrogens with one attached hydrogen (secondary N) is 1. The van der Waals surface area contributed by atoms with Crippen molar-refractivity contribution >= 4 is 5.91 Å². The van der Waals surface area contributed by atoms with Crippen molar-refractivity contribution in [3.63, 3.8) is 0 Å². The van der Waals surface area contributed by atoms with Crippen molar-refractivity contribution in [1.29, 1.82) is 0 Å². The molecule has 0 aliphatic carbocycles. The summed E-state index contributed by atoms with van der Waals surface area (Å²) in [6.45, 7) is 6.44. The highest BCUT2D eigenvalue weighted by atomic mass is 16.5. The number of aromatic nitrogens is 1. The first kappa shape index (κ1) is 13.7. The van der Waals surface area contributed by atoms with Gasteiger partial charge in [0.2, 0.25) is 5.76 Å². The highest BCUT2D eigenvalue weighted by Crippen LogP contribution is 2.22. The molecule has 1 heterocycles. The van der Waals surface area contributed by atoms with E-state index in [2.05, 4.69) is 24.3 Å². The molecule has 0 saturated carbocycles. The molecule has 0 spiro atoms. The molecule has 96 valence electrons. The van der Waals surface area contributed by atoms with Gasteiger partial charge in [0, 0.05) is 24.6 Å². The molecule has 0 aliphatic heterocycles. The van der Waals surface area contributed by atoms with Crippen LogP contribution in [-0.2, 0) is 0 Å². The van der Waals surface area contributed by atoms with E-state index in [4.69, 9.17) is 10.3 Å². The quantitative estimate of drug-likeness (QED) is 0.791. The number of hydrogen-bond donors (Lipinski definition) is 2. The van der Waals surface area contributed by atoms with Gasteiger partial charge in [0.15, 0.2) is 0 Å². The van der Waals surface area contributed by atoms with E-state index < -0.39 is 0 Å². The van der Waals surface area contributed by atoms with Gasteiger partial charge in [0.25, 0.3) is 5.91 Å². The molecule has 17 heavy (non-hydrogen) atoms. The summed E-state index contributed by atoms with van der Waals surface area (Å²) in [5.74, 6) is 0.354. The number of nitrogens with two attached hydrogens (primary N) is 1. The predicted octanol–water partition coefficient (Wildman–Crippen LogP) is 1.66. The van der Waals surface area contributed by atoms with Crippen LogP contribution < -0.4 is 11.1 Å². The lowest BCUT2D eigenvalue weighted by Crippen LogP contribution is -2.37. The maximum atomic E-state index is 11.7. The Kier molecular flexibility index (Phi) is 5.15. The number of carbonyl (C=O) groups is 1. The van der Waals surface area contributed by atoms with E-state index in [1.165, 1.54) is 0 Å². The topological polar surface area (TPSA) is 81.2 Å². The summed E-state index contributed by atoms with van der Waals surface area (Å²) < 4.78 is 5.05. The van der Waals surface area contributed by atoms with Crippen molar-refractivity contribution in [2.75, 3.05) is 6.54 Å². The van der Waals surface area contributed by atoms with Gasteiger partial charge in [-0.1, -0.05) is 19.0 Å². The second-order valence-electron chi connectivity index (χ2n) is 4.24. The zero-order valence-electron chi connectivity index (χ0n) is 10.7. The van der Waals surface area contributed by atoms with Crippen LogP contribution in [0.15, 0.2) is 10.6 Å². The normalized spacial score (nSPS) is 12.8. The second-order valence-corrected chi connectivity index (χ2v) is 4.24. The minimum Gasteiger partial charge on any atom is -0.351 e. The van der Waals surface area contributed by atoms with Gasteiger partial charge in [-0.3, -0.25) is 4.79 Å². The van der Waals surface area contributed by atoms with Gasteiger partial charge < -0.3 is 15.6 Å². The van der Waals surface area contributed by atoms with E-state index in [1.807, 2.05) is 6.92 Å². The minimum absolute atomic E-state index is 0.0656. The van der Waals surface area contributed by atoms with Crippen LogP contribution in [0.2, 0.25) is 0 Å². The maximum absolute atomic E-state index is 11.7. The molecule has 5 heteroatoms. The Balaban J connectivity index is 2.70. The monoisotopic (exact) mass is 239 g/mol. The Hall–Kier alpha value is -1.36. The van der Waals surface area contributed by atoms with Crippen LogP contribution >= 0.6 is 0 Å². The minimum atomic E-state index is -0.257. The fourth-order valence-corrected chi connectivity index (χ4v) is 1.65. The number of hydrogen-bond acceptors (Lipinski definition) is 4. The first-order chi connectivity index (χ1) is 8.12. The third-order valence-electron chi connectivity index (χ3n) is 2.89. The zero-order chi connectivity index (χ0) is 12.8. The zero-order valence-corrected chi connectivity index (χ0v) is 10.7. The summed E-state index contributed by atoms with van der Waals surface area (Å²) >= 11 is 0. The Bertz CT molecular complexity index is 358. The van der Waals surface area contributed by atoms with Crippen molar-refractivity contribution in [3.05, 3.63) is 17.5 Å². The molecule has 3 N–H and O–H groups in total. The van der Waals surface area contributed by atoms with Crippen LogP contribution in [-0.4, -0.2) is 23.7 Å². The third kappa shape index (κ3) is 3.56. The van der Waals surface area contributed by atoms with E-state index in [0.717, 1.165) is 18.5 Å². The molecule has 0 radical (unpaired) electrons. The standard InChI is InChI=1S/C12H21N3O2/c1-4-9(5-2)10-6-11(17-15-10)12(16)14-8(3)7-13/h6,8-9H,4-5,7,13H2,1-3H3,(H,14,16)/t8-/m0/s1. The fraction of sp³-hybridized carbons (Fsp3) is 0.667. The van der Waals surface area contributed by atoms with Gasteiger partial charge >= 0.3 is 0 Å². The fourth-order valence-electron chi connectivity index (χ4n) is 1.65. The first-order valence-electron chi connectivity index (χ1n) is 6.09. The molecule has 1 rings (SSSR count). The van der Waals surface area contributed by atoms with E-state index in [1.54, 1.807) is 6.07 Å². The van der Waals surface area contributed by atoms with E-state index >= 15 is 0 Å². The van der Waals surface area contributed by atoms with Gasteiger partial charge in [0.1, 0.15) is 0 Å². The van der Waals surface area contributed by atoms with Crippen LogP contribution in [0.3, 0.4) is 0 Å². The predicted molar refractivity (Wildman–Crippen MR) is 65.8 cm³/mol. The smallest absolute Gasteiger partial charge is 0.290 e. The summed E-state index contributed by atoms with van der Waals surface area (Å²) in [4.78, 5) is 11.7. The average Bonchev–Trinajstić information content (AvgIpc) is 2.80. The van der Waals surface area contributed by atoms with Crippen molar-refractivity contribution in [3.8, 4) is 0 Å². The van der Waals surface area contributed by atoms with Crippen molar-refractivity contribution in [2.24, 2.45) is 5.73 Å². The summed E-state index contributed by atoms with van der Waals surface area (Å²) in [5.41, 5.74) is 6.28. The van der Waals surface area contributed by atoms with Crippen LogP contribution in [0.1, 0.15) is 55.8 Å². The van der Waals surface area contributed by atoms with Crippen LogP contribution in [0, 0.1) is 0 Å². The molecule has 1 atom stereocenters. The number of amides is 1. The molecular weight excluding hydrogens is 218 g/mol. The summed E-state index contributed by atoms with van der Waals surface area (Å²) in [6, 6.07) is 1.65. The molecular formula is C12H21N3O2. The summed E-state index contributed by atoms with van der Waals surface area (Å²) in [7, 11) is 0. The summed E-state index contributed by atoms with van der Waals surface area (Å²) in [5, 5.41) is 6.68. The van der Waals surface area contributed by atoms with Crippen LogP contribution in [0.4, 0.5) is 0 Å². The lowest BCUT2D eigenvalue weighted by Gasteiger charge is -2.08. The third-order valence-corrected chi connectivity index (χ3v) is 2.89. The molecule has 0 fully saturated rings. The highest BCUT2D eigenvalue weighted by Gasteiger charge is 2.18. The van der Waals surface area contributed by atoms with Gasteiger partial charge in [-0.15, -0.1) is 0 Å². The van der Waals surface area contributed by atoms with Gasteiger partial charge in [-0.05, 0) is 19.8 Å². The molecule has 0 saturated heterocycles. The van der Waals surface area contributed by atoms with Gasteiger partial charge in [-0.2, -0.15) is 0 Å². The molecule has 0 unspecified atom stereocenters. The van der Waals surface area contributed by atoms with Gasteiger partial charge in [0.05, 0.1) is 5.69 Å². The van der Waals surface area contributed by atoms with E-state index in [9.17, 15) is 4.79 Å². The number of carbonyl (C=O) groups excluding carboxylic acids is 1. The lowest BCUT2D eigenvalue weighted by atomic mass is 9.99. The Morgan fingerprint density at radius 2 is 2.18 bits per heavy atom. The SMILES string of the molecule is CCC(CC)c1cc(C(=O)N[C@@H](C)CN)on1. The molecule has 0 aliphatic rings. The largest absolute Gasteiger partial charge is 0.351 e.